The van der Waals surface area contributed by atoms with Crippen LogP contribution in [0.4, 0.5) is 4.39 Å². The van der Waals surface area contributed by atoms with Crippen molar-refractivity contribution in [2.24, 2.45) is 0 Å². The van der Waals surface area contributed by atoms with Gasteiger partial charge in [0, 0.05) is 32.2 Å². The van der Waals surface area contributed by atoms with Gasteiger partial charge in [-0.15, -0.1) is 0 Å². The van der Waals surface area contributed by atoms with E-state index in [0.717, 1.165) is 31.2 Å². The van der Waals surface area contributed by atoms with E-state index < -0.39 is 16.1 Å². The predicted octanol–water partition coefficient (Wildman–Crippen LogP) is 4.26. The Balaban J connectivity index is 1.35. The molecule has 2 N–H and O–H groups in total. The van der Waals surface area contributed by atoms with E-state index in [2.05, 4.69) is 10.0 Å². The first-order valence-corrected chi connectivity index (χ1v) is 15.9. The number of carbonyl (C=O) groups excluding carboxylic acids is 2. The maximum Gasteiger partial charge on any atom is 0.247 e. The van der Waals surface area contributed by atoms with Gasteiger partial charge in [-0.05, 0) is 73.1 Å². The molecule has 2 atom stereocenters. The van der Waals surface area contributed by atoms with Gasteiger partial charge in [0.25, 0.3) is 0 Å². The van der Waals surface area contributed by atoms with Gasteiger partial charge in [-0.3, -0.25) is 9.59 Å². The number of amides is 2. The first-order chi connectivity index (χ1) is 20.3. The molecule has 1 saturated carbocycles. The topological polar surface area (TPSA) is 105 Å². The van der Waals surface area contributed by atoms with Crippen molar-refractivity contribution < 1.29 is 27.1 Å². The summed E-state index contributed by atoms with van der Waals surface area (Å²) >= 11 is 0. The number of nitrogens with one attached hydrogen (secondary N) is 2. The van der Waals surface area contributed by atoms with Gasteiger partial charge >= 0.3 is 0 Å². The molecule has 2 fully saturated rings. The van der Waals surface area contributed by atoms with Crippen molar-refractivity contribution in [2.45, 2.75) is 68.2 Å². The van der Waals surface area contributed by atoms with Crippen LogP contribution in [0.3, 0.4) is 0 Å². The molecule has 3 aromatic rings. The number of benzene rings is 3. The highest BCUT2D eigenvalue weighted by Crippen LogP contribution is 2.26. The average molecular weight is 594 g/mol. The van der Waals surface area contributed by atoms with E-state index in [1.54, 1.807) is 36.4 Å². The molecule has 0 aromatic heterocycles. The van der Waals surface area contributed by atoms with Crippen LogP contribution in [-0.2, 0) is 37.3 Å². The zero-order valence-electron chi connectivity index (χ0n) is 23.4. The van der Waals surface area contributed by atoms with Crippen molar-refractivity contribution in [1.82, 2.24) is 14.9 Å². The number of hydrogen-bond acceptors (Lipinski definition) is 5. The zero-order valence-corrected chi connectivity index (χ0v) is 24.2. The minimum Gasteiger partial charge on any atom is -0.376 e. The Kier molecular flexibility index (Phi) is 9.66. The first kappa shape index (κ1) is 29.9. The predicted molar refractivity (Wildman–Crippen MR) is 156 cm³/mol. The molecular weight excluding hydrogens is 557 g/mol. The second-order valence-corrected chi connectivity index (χ2v) is 12.6. The van der Waals surface area contributed by atoms with Gasteiger partial charge in [0.2, 0.25) is 21.8 Å². The summed E-state index contributed by atoms with van der Waals surface area (Å²) in [5.41, 5.74) is 2.15. The first-order valence-electron chi connectivity index (χ1n) is 14.4. The van der Waals surface area contributed by atoms with Crippen molar-refractivity contribution in [3.8, 4) is 0 Å². The Hall–Kier alpha value is -3.60. The SMILES string of the molecule is O=C(NC[C@@H]1CCCO1)[C@@H](c1ccccc1)N(Cc1ccc(F)cc1)C(=O)CCc1ccc(S(=O)(=O)NC2CC2)cc1. The van der Waals surface area contributed by atoms with E-state index in [1.165, 1.54) is 17.0 Å². The third-order valence-electron chi connectivity index (χ3n) is 7.55. The van der Waals surface area contributed by atoms with Gasteiger partial charge in [0.15, 0.2) is 0 Å². The monoisotopic (exact) mass is 593 g/mol. The Bertz CT molecular complexity index is 1460. The number of halogens is 1. The molecule has 3 aromatic carbocycles. The van der Waals surface area contributed by atoms with Crippen LogP contribution in [0.2, 0.25) is 0 Å². The number of hydrogen-bond donors (Lipinski definition) is 2. The highest BCUT2D eigenvalue weighted by molar-refractivity contribution is 7.89. The Labute approximate surface area is 246 Å². The normalized spacial score (nSPS) is 17.5. The van der Waals surface area contributed by atoms with E-state index in [9.17, 15) is 22.4 Å². The molecule has 1 heterocycles. The lowest BCUT2D eigenvalue weighted by Crippen LogP contribution is -2.45. The molecular formula is C32H36FN3O5S. The molecule has 2 aliphatic rings. The molecule has 10 heteroatoms. The number of nitrogens with zero attached hydrogens (tertiary/aromatic N) is 1. The molecule has 2 amide bonds. The summed E-state index contributed by atoms with van der Waals surface area (Å²) in [7, 11) is -3.56. The molecule has 1 aliphatic carbocycles. The fourth-order valence-electron chi connectivity index (χ4n) is 5.05. The summed E-state index contributed by atoms with van der Waals surface area (Å²) < 4.78 is 47.0. The van der Waals surface area contributed by atoms with Crippen LogP contribution in [0.15, 0.2) is 83.8 Å². The largest absolute Gasteiger partial charge is 0.376 e. The van der Waals surface area contributed by atoms with Crippen LogP contribution in [0.25, 0.3) is 0 Å². The summed E-state index contributed by atoms with van der Waals surface area (Å²) in [4.78, 5) is 29.3. The number of aryl methyl sites for hydroxylation is 1. The molecule has 8 nitrogen and oxygen atoms in total. The lowest BCUT2D eigenvalue weighted by molar-refractivity contribution is -0.141. The summed E-state index contributed by atoms with van der Waals surface area (Å²) in [6.45, 7) is 1.13. The quantitative estimate of drug-likeness (QED) is 0.308. The van der Waals surface area contributed by atoms with Crippen LogP contribution < -0.4 is 10.0 Å². The third-order valence-corrected chi connectivity index (χ3v) is 9.09. The van der Waals surface area contributed by atoms with E-state index in [-0.39, 0.29) is 47.6 Å². The van der Waals surface area contributed by atoms with Crippen molar-refractivity contribution in [3.05, 3.63) is 101 Å². The van der Waals surface area contributed by atoms with E-state index in [0.29, 0.717) is 30.7 Å². The number of rotatable bonds is 13. The number of carbonyl (C=O) groups is 2. The Morgan fingerprint density at radius 3 is 2.26 bits per heavy atom. The molecule has 0 spiro atoms. The van der Waals surface area contributed by atoms with Crippen LogP contribution >= 0.6 is 0 Å². The standard InChI is InChI=1S/C32H36FN3O5S/c33-26-13-8-24(9-14-26)22-36(31(25-5-2-1-3-6-25)32(38)34-21-28-7-4-20-41-28)30(37)19-12-23-10-17-29(18-11-23)42(39,40)35-27-15-16-27/h1-3,5-6,8-11,13-14,17-18,27-28,31,35H,4,7,12,15-16,19-22H2,(H,34,38)/t28-,31+/m0/s1. The average Bonchev–Trinajstić information content (AvgIpc) is 3.64. The summed E-state index contributed by atoms with van der Waals surface area (Å²) in [5.74, 6) is -0.958. The van der Waals surface area contributed by atoms with E-state index >= 15 is 0 Å². The van der Waals surface area contributed by atoms with Crippen molar-refractivity contribution >= 4 is 21.8 Å². The minimum absolute atomic E-state index is 0.0137. The summed E-state index contributed by atoms with van der Waals surface area (Å²) in [6.07, 6.45) is 3.91. The van der Waals surface area contributed by atoms with Crippen LogP contribution in [-0.4, -0.2) is 50.4 Å². The number of sulfonamides is 1. The fourth-order valence-corrected chi connectivity index (χ4v) is 6.36. The highest BCUT2D eigenvalue weighted by atomic mass is 32.2. The maximum absolute atomic E-state index is 13.9. The van der Waals surface area contributed by atoms with Gasteiger partial charge in [0.05, 0.1) is 11.0 Å². The number of ether oxygens (including phenoxy) is 1. The molecule has 222 valence electrons. The molecule has 42 heavy (non-hydrogen) atoms. The second kappa shape index (κ2) is 13.6. The van der Waals surface area contributed by atoms with E-state index in [4.69, 9.17) is 4.74 Å². The molecule has 1 aliphatic heterocycles. The van der Waals surface area contributed by atoms with Gasteiger partial charge < -0.3 is 15.0 Å². The van der Waals surface area contributed by atoms with Crippen LogP contribution in [0, 0.1) is 5.82 Å². The van der Waals surface area contributed by atoms with E-state index in [1.807, 2.05) is 30.3 Å². The smallest absolute Gasteiger partial charge is 0.247 e. The van der Waals surface area contributed by atoms with Gasteiger partial charge in [-0.25, -0.2) is 17.5 Å². The summed E-state index contributed by atoms with van der Waals surface area (Å²) in [6, 6.07) is 20.6. The zero-order chi connectivity index (χ0) is 29.5. The third kappa shape index (κ3) is 8.02. The Morgan fingerprint density at radius 2 is 1.62 bits per heavy atom. The highest BCUT2D eigenvalue weighted by Gasteiger charge is 2.32. The summed E-state index contributed by atoms with van der Waals surface area (Å²) in [5, 5.41) is 2.98. The maximum atomic E-state index is 13.9. The molecule has 1 saturated heterocycles. The van der Waals surface area contributed by atoms with Crippen molar-refractivity contribution in [3.63, 3.8) is 0 Å². The van der Waals surface area contributed by atoms with Crippen molar-refractivity contribution in [1.29, 1.82) is 0 Å². The molecule has 0 radical (unpaired) electrons. The lowest BCUT2D eigenvalue weighted by Gasteiger charge is -2.32. The van der Waals surface area contributed by atoms with Gasteiger partial charge in [-0.1, -0.05) is 54.6 Å². The van der Waals surface area contributed by atoms with Crippen LogP contribution in [0.5, 0.6) is 0 Å². The lowest BCUT2D eigenvalue weighted by atomic mass is 10.0. The fraction of sp³-hybridized carbons (Fsp3) is 0.375. The minimum atomic E-state index is -3.56. The second-order valence-electron chi connectivity index (χ2n) is 10.9. The van der Waals surface area contributed by atoms with Crippen molar-refractivity contribution in [2.75, 3.05) is 13.2 Å². The van der Waals surface area contributed by atoms with Crippen LogP contribution in [0.1, 0.15) is 54.8 Å². The molecule has 5 rings (SSSR count). The Morgan fingerprint density at radius 1 is 0.929 bits per heavy atom. The van der Waals surface area contributed by atoms with Gasteiger partial charge in [0.1, 0.15) is 11.9 Å². The van der Waals surface area contributed by atoms with Gasteiger partial charge in [-0.2, -0.15) is 0 Å². The molecule has 0 unspecified atom stereocenters. The molecule has 0 bridgehead atoms.